The van der Waals surface area contributed by atoms with E-state index in [1.807, 2.05) is 30.3 Å². The fourth-order valence-corrected chi connectivity index (χ4v) is 3.00. The Morgan fingerprint density at radius 2 is 1.86 bits per heavy atom. The molecular formula is C17H29N3O. The average molecular weight is 291 g/mol. The Kier molecular flexibility index (Phi) is 7.00. The van der Waals surface area contributed by atoms with Gasteiger partial charge in [-0.2, -0.15) is 0 Å². The first-order valence-corrected chi connectivity index (χ1v) is 8.17. The van der Waals surface area contributed by atoms with E-state index in [4.69, 9.17) is 10.5 Å². The lowest BCUT2D eigenvalue weighted by Gasteiger charge is -2.39. The zero-order valence-corrected chi connectivity index (χ0v) is 13.2. The normalized spacial score (nSPS) is 18.6. The lowest BCUT2D eigenvalue weighted by Crippen LogP contribution is -2.51. The van der Waals surface area contributed by atoms with Crippen LogP contribution in [0.25, 0.3) is 0 Å². The second-order valence-electron chi connectivity index (χ2n) is 5.68. The highest BCUT2D eigenvalue weighted by Crippen LogP contribution is 2.12. The number of hydrogen-bond acceptors (Lipinski definition) is 4. The summed E-state index contributed by atoms with van der Waals surface area (Å²) in [5.41, 5.74) is 5.71. The summed E-state index contributed by atoms with van der Waals surface area (Å²) in [6.07, 6.45) is 2.32. The third kappa shape index (κ3) is 5.30. The van der Waals surface area contributed by atoms with Crippen LogP contribution >= 0.6 is 0 Å². The molecule has 118 valence electrons. The summed E-state index contributed by atoms with van der Waals surface area (Å²) in [6, 6.07) is 10.7. The topological polar surface area (TPSA) is 41.7 Å². The Labute approximate surface area is 128 Å². The van der Waals surface area contributed by atoms with Crippen LogP contribution in [-0.2, 0) is 0 Å². The molecule has 1 aromatic carbocycles. The van der Waals surface area contributed by atoms with Gasteiger partial charge in [-0.1, -0.05) is 25.1 Å². The number of hydrogen-bond donors (Lipinski definition) is 1. The quantitative estimate of drug-likeness (QED) is 0.793. The van der Waals surface area contributed by atoms with Gasteiger partial charge in [-0.15, -0.1) is 0 Å². The Bertz CT molecular complexity index is 377. The Hall–Kier alpha value is -1.10. The molecule has 1 unspecified atom stereocenters. The lowest BCUT2D eigenvalue weighted by atomic mass is 10.1. The highest BCUT2D eigenvalue weighted by molar-refractivity contribution is 5.20. The zero-order chi connectivity index (χ0) is 14.9. The molecule has 1 saturated heterocycles. The molecule has 2 rings (SSSR count). The van der Waals surface area contributed by atoms with Gasteiger partial charge in [0.2, 0.25) is 0 Å². The second kappa shape index (κ2) is 9.03. The third-order valence-corrected chi connectivity index (χ3v) is 4.31. The van der Waals surface area contributed by atoms with Gasteiger partial charge in [-0.25, -0.2) is 0 Å². The molecule has 0 bridgehead atoms. The monoisotopic (exact) mass is 291 g/mol. The molecule has 4 nitrogen and oxygen atoms in total. The molecule has 1 aliphatic heterocycles. The van der Waals surface area contributed by atoms with Crippen molar-refractivity contribution in [1.29, 1.82) is 0 Å². The van der Waals surface area contributed by atoms with E-state index in [-0.39, 0.29) is 0 Å². The smallest absolute Gasteiger partial charge is 0.119 e. The van der Waals surface area contributed by atoms with Crippen LogP contribution in [0.4, 0.5) is 0 Å². The Morgan fingerprint density at radius 3 is 2.48 bits per heavy atom. The SMILES string of the molecule is CCC(CCN)N1CCN(CCOc2ccccc2)CC1. The van der Waals surface area contributed by atoms with Crippen molar-refractivity contribution in [2.75, 3.05) is 45.9 Å². The molecule has 1 atom stereocenters. The average Bonchev–Trinajstić information content (AvgIpc) is 2.54. The molecule has 0 saturated carbocycles. The maximum atomic E-state index is 5.77. The van der Waals surface area contributed by atoms with Gasteiger partial charge in [-0.3, -0.25) is 9.80 Å². The van der Waals surface area contributed by atoms with Crippen molar-refractivity contribution in [1.82, 2.24) is 9.80 Å². The minimum absolute atomic E-state index is 0.665. The number of piperazine rings is 1. The Morgan fingerprint density at radius 1 is 1.14 bits per heavy atom. The van der Waals surface area contributed by atoms with Crippen LogP contribution in [0.15, 0.2) is 30.3 Å². The molecule has 0 aromatic heterocycles. The van der Waals surface area contributed by atoms with Gasteiger partial charge >= 0.3 is 0 Å². The van der Waals surface area contributed by atoms with E-state index < -0.39 is 0 Å². The fraction of sp³-hybridized carbons (Fsp3) is 0.647. The summed E-state index contributed by atoms with van der Waals surface area (Å²) in [6.45, 7) is 9.43. The highest BCUT2D eigenvalue weighted by atomic mass is 16.5. The number of ether oxygens (including phenoxy) is 1. The van der Waals surface area contributed by atoms with Gasteiger partial charge in [0, 0.05) is 38.8 Å². The van der Waals surface area contributed by atoms with Crippen molar-refractivity contribution in [2.24, 2.45) is 5.73 Å². The van der Waals surface area contributed by atoms with E-state index >= 15 is 0 Å². The van der Waals surface area contributed by atoms with E-state index in [1.165, 1.54) is 6.42 Å². The van der Waals surface area contributed by atoms with Crippen molar-refractivity contribution >= 4 is 0 Å². The molecule has 0 radical (unpaired) electrons. The van der Waals surface area contributed by atoms with Gasteiger partial charge < -0.3 is 10.5 Å². The minimum Gasteiger partial charge on any atom is -0.492 e. The number of benzene rings is 1. The molecule has 1 aliphatic rings. The van der Waals surface area contributed by atoms with E-state index in [0.29, 0.717) is 6.04 Å². The van der Waals surface area contributed by atoms with Crippen LogP contribution in [-0.4, -0.2) is 61.7 Å². The van der Waals surface area contributed by atoms with Crippen molar-refractivity contribution in [3.05, 3.63) is 30.3 Å². The third-order valence-electron chi connectivity index (χ3n) is 4.31. The number of rotatable bonds is 8. The Balaban J connectivity index is 1.65. The summed E-state index contributed by atoms with van der Waals surface area (Å²) in [7, 11) is 0. The van der Waals surface area contributed by atoms with Crippen LogP contribution in [0, 0.1) is 0 Å². The van der Waals surface area contributed by atoms with Crippen molar-refractivity contribution in [3.8, 4) is 5.75 Å². The van der Waals surface area contributed by atoms with Gasteiger partial charge in [0.25, 0.3) is 0 Å². The van der Waals surface area contributed by atoms with Gasteiger partial charge in [0.15, 0.2) is 0 Å². The van der Waals surface area contributed by atoms with Crippen molar-refractivity contribution < 1.29 is 4.74 Å². The first-order chi connectivity index (χ1) is 10.3. The van der Waals surface area contributed by atoms with E-state index in [1.54, 1.807) is 0 Å². The summed E-state index contributed by atoms with van der Waals surface area (Å²) in [5.74, 6) is 0.963. The zero-order valence-electron chi connectivity index (χ0n) is 13.2. The van der Waals surface area contributed by atoms with Crippen LogP contribution in [0.5, 0.6) is 5.75 Å². The van der Waals surface area contributed by atoms with Gasteiger partial charge in [0.05, 0.1) is 0 Å². The summed E-state index contributed by atoms with van der Waals surface area (Å²) >= 11 is 0. The molecule has 0 amide bonds. The van der Waals surface area contributed by atoms with Crippen LogP contribution in [0.2, 0.25) is 0 Å². The van der Waals surface area contributed by atoms with E-state index in [2.05, 4.69) is 16.7 Å². The van der Waals surface area contributed by atoms with Gasteiger partial charge in [-0.05, 0) is 31.5 Å². The largest absolute Gasteiger partial charge is 0.492 e. The fourth-order valence-electron chi connectivity index (χ4n) is 3.00. The number of para-hydroxylation sites is 1. The molecule has 0 aliphatic carbocycles. The molecule has 0 spiro atoms. The summed E-state index contributed by atoms with van der Waals surface area (Å²) in [4.78, 5) is 5.09. The molecule has 1 aromatic rings. The minimum atomic E-state index is 0.665. The van der Waals surface area contributed by atoms with Crippen LogP contribution in [0.1, 0.15) is 19.8 Å². The maximum absolute atomic E-state index is 5.77. The van der Waals surface area contributed by atoms with Crippen molar-refractivity contribution in [2.45, 2.75) is 25.8 Å². The maximum Gasteiger partial charge on any atom is 0.119 e. The predicted molar refractivity (Wildman–Crippen MR) is 87.7 cm³/mol. The molecular weight excluding hydrogens is 262 g/mol. The lowest BCUT2D eigenvalue weighted by molar-refractivity contribution is 0.0823. The second-order valence-corrected chi connectivity index (χ2v) is 5.68. The van der Waals surface area contributed by atoms with Crippen molar-refractivity contribution in [3.63, 3.8) is 0 Å². The van der Waals surface area contributed by atoms with Crippen LogP contribution in [0.3, 0.4) is 0 Å². The molecule has 4 heteroatoms. The molecule has 1 fully saturated rings. The standard InChI is InChI=1S/C17H29N3O/c1-2-16(8-9-18)20-12-10-19(11-13-20)14-15-21-17-6-4-3-5-7-17/h3-7,16H,2,8-15,18H2,1H3. The number of nitrogens with two attached hydrogens (primary N) is 1. The summed E-state index contributed by atoms with van der Waals surface area (Å²) in [5, 5.41) is 0. The van der Waals surface area contributed by atoms with E-state index in [0.717, 1.165) is 58.0 Å². The first kappa shape index (κ1) is 16.3. The summed E-state index contributed by atoms with van der Waals surface area (Å²) < 4.78 is 5.77. The number of nitrogens with zero attached hydrogens (tertiary/aromatic N) is 2. The highest BCUT2D eigenvalue weighted by Gasteiger charge is 2.21. The molecule has 2 N–H and O–H groups in total. The van der Waals surface area contributed by atoms with E-state index in [9.17, 15) is 0 Å². The van der Waals surface area contributed by atoms with Gasteiger partial charge in [0.1, 0.15) is 12.4 Å². The predicted octanol–water partition coefficient (Wildman–Crippen LogP) is 1.81. The first-order valence-electron chi connectivity index (χ1n) is 8.17. The molecule has 1 heterocycles. The van der Waals surface area contributed by atoms with Crippen LogP contribution < -0.4 is 10.5 Å². The molecule has 21 heavy (non-hydrogen) atoms.